The van der Waals surface area contributed by atoms with Crippen molar-refractivity contribution < 1.29 is 22.7 Å². The van der Waals surface area contributed by atoms with Crippen LogP contribution in [0.2, 0.25) is 0 Å². The van der Waals surface area contributed by atoms with Crippen molar-refractivity contribution in [2.75, 3.05) is 13.1 Å². The molecule has 2 aliphatic rings. The van der Waals surface area contributed by atoms with Crippen LogP contribution in [0, 0.1) is 11.8 Å². The summed E-state index contributed by atoms with van der Waals surface area (Å²) in [6.45, 7) is 2.23. The molecule has 3 nitrogen and oxygen atoms in total. The van der Waals surface area contributed by atoms with Gasteiger partial charge in [-0.15, -0.1) is 0 Å². The van der Waals surface area contributed by atoms with Crippen molar-refractivity contribution in [3.8, 4) is 0 Å². The number of alkyl halides is 3. The Hall–Kier alpha value is -1.56. The first-order valence-electron chi connectivity index (χ1n) is 6.94. The van der Waals surface area contributed by atoms with Crippen molar-refractivity contribution in [3.63, 3.8) is 0 Å². The molecule has 3 rings (SSSR count). The Morgan fingerprint density at radius 2 is 1.81 bits per heavy atom. The number of carbonyl (C=O) groups is 1. The standard InChI is InChI=1S/C15H16F3NO2/c1-9(10-5-3-2-4-6-10)21-13-11-7-19(8-12(11)13)14(20)15(16,17)18/h2-6,9,11-13H,7-8H2,1H3/t9?,11-,12+,13?. The Labute approximate surface area is 120 Å². The largest absolute Gasteiger partial charge is 0.471 e. The predicted molar refractivity (Wildman–Crippen MR) is 69.3 cm³/mol. The molecule has 1 heterocycles. The fourth-order valence-electron chi connectivity index (χ4n) is 3.06. The van der Waals surface area contributed by atoms with E-state index in [-0.39, 0.29) is 37.1 Å². The molecule has 1 saturated carbocycles. The van der Waals surface area contributed by atoms with E-state index in [1.54, 1.807) is 0 Å². The lowest BCUT2D eigenvalue weighted by Gasteiger charge is -2.22. The monoisotopic (exact) mass is 299 g/mol. The first kappa shape index (κ1) is 14.4. The van der Waals surface area contributed by atoms with E-state index in [9.17, 15) is 18.0 Å². The van der Waals surface area contributed by atoms with Crippen LogP contribution in [0.4, 0.5) is 13.2 Å². The van der Waals surface area contributed by atoms with Crippen LogP contribution in [0.25, 0.3) is 0 Å². The number of ether oxygens (including phenoxy) is 1. The first-order valence-corrected chi connectivity index (χ1v) is 6.94. The lowest BCUT2D eigenvalue weighted by molar-refractivity contribution is -0.185. The van der Waals surface area contributed by atoms with Gasteiger partial charge < -0.3 is 9.64 Å². The fraction of sp³-hybridized carbons (Fsp3) is 0.533. The predicted octanol–water partition coefficient (Wildman–Crippen LogP) is 2.78. The van der Waals surface area contributed by atoms with Crippen molar-refractivity contribution in [2.45, 2.75) is 25.3 Å². The van der Waals surface area contributed by atoms with Crippen LogP contribution in [0.1, 0.15) is 18.6 Å². The number of hydrogen-bond donors (Lipinski definition) is 0. The minimum Gasteiger partial charge on any atom is -0.370 e. The molecule has 6 heteroatoms. The molecule has 1 amide bonds. The van der Waals surface area contributed by atoms with Crippen LogP contribution in [0.5, 0.6) is 0 Å². The van der Waals surface area contributed by atoms with Crippen LogP contribution >= 0.6 is 0 Å². The average Bonchev–Trinajstić information content (AvgIpc) is 2.89. The Morgan fingerprint density at radius 1 is 1.24 bits per heavy atom. The van der Waals surface area contributed by atoms with Crippen LogP contribution in [-0.2, 0) is 9.53 Å². The van der Waals surface area contributed by atoms with Gasteiger partial charge in [0.15, 0.2) is 0 Å². The average molecular weight is 299 g/mol. The number of hydrogen-bond acceptors (Lipinski definition) is 2. The van der Waals surface area contributed by atoms with Crippen LogP contribution < -0.4 is 0 Å². The molecular formula is C15H16F3NO2. The molecule has 0 N–H and O–H groups in total. The fourth-order valence-corrected chi connectivity index (χ4v) is 3.06. The Bertz CT molecular complexity index is 519. The Kier molecular flexibility index (Phi) is 3.43. The highest BCUT2D eigenvalue weighted by atomic mass is 19.4. The number of carbonyl (C=O) groups excluding carboxylic acids is 1. The molecule has 2 fully saturated rings. The number of rotatable bonds is 3. The van der Waals surface area contributed by atoms with Crippen molar-refractivity contribution >= 4 is 5.91 Å². The third-order valence-corrected chi connectivity index (χ3v) is 4.28. The van der Waals surface area contributed by atoms with Gasteiger partial charge in [0.1, 0.15) is 0 Å². The highest BCUT2D eigenvalue weighted by molar-refractivity contribution is 5.82. The second-order valence-corrected chi connectivity index (χ2v) is 5.69. The van der Waals surface area contributed by atoms with Gasteiger partial charge in [0.05, 0.1) is 12.2 Å². The molecule has 114 valence electrons. The molecule has 1 aliphatic heterocycles. The van der Waals surface area contributed by atoms with E-state index in [2.05, 4.69) is 0 Å². The second-order valence-electron chi connectivity index (χ2n) is 5.69. The molecule has 0 spiro atoms. The van der Waals surface area contributed by atoms with E-state index in [0.29, 0.717) is 0 Å². The zero-order chi connectivity index (χ0) is 15.2. The molecule has 4 atom stereocenters. The SMILES string of the molecule is CC(OC1[C@H]2CN(C(=O)C(F)(F)F)C[C@@H]12)c1ccccc1. The number of piperidine rings is 1. The minimum atomic E-state index is -4.77. The van der Waals surface area contributed by atoms with E-state index >= 15 is 0 Å². The first-order chi connectivity index (χ1) is 9.88. The lowest BCUT2D eigenvalue weighted by atomic mass is 10.1. The molecule has 21 heavy (non-hydrogen) atoms. The molecule has 0 bridgehead atoms. The number of fused-ring (bicyclic) bond motifs is 1. The summed E-state index contributed by atoms with van der Waals surface area (Å²) in [7, 11) is 0. The maximum absolute atomic E-state index is 12.3. The van der Waals surface area contributed by atoms with E-state index < -0.39 is 12.1 Å². The van der Waals surface area contributed by atoms with Crippen LogP contribution in [0.15, 0.2) is 30.3 Å². The summed E-state index contributed by atoms with van der Waals surface area (Å²) in [6, 6.07) is 9.69. The molecule has 0 radical (unpaired) electrons. The van der Waals surface area contributed by atoms with Gasteiger partial charge in [0, 0.05) is 24.9 Å². The van der Waals surface area contributed by atoms with Gasteiger partial charge in [0.25, 0.3) is 0 Å². The third-order valence-electron chi connectivity index (χ3n) is 4.28. The van der Waals surface area contributed by atoms with Gasteiger partial charge in [-0.3, -0.25) is 4.79 Å². The van der Waals surface area contributed by atoms with E-state index in [0.717, 1.165) is 10.5 Å². The summed E-state index contributed by atoms with van der Waals surface area (Å²) < 4.78 is 43.0. The second kappa shape index (κ2) is 5.02. The summed E-state index contributed by atoms with van der Waals surface area (Å²) in [6.07, 6.45) is -4.89. The summed E-state index contributed by atoms with van der Waals surface area (Å²) in [5, 5.41) is 0. The van der Waals surface area contributed by atoms with Crippen LogP contribution in [0.3, 0.4) is 0 Å². The highest BCUT2D eigenvalue weighted by Gasteiger charge is 2.60. The summed E-state index contributed by atoms with van der Waals surface area (Å²) in [4.78, 5) is 12.0. The smallest absolute Gasteiger partial charge is 0.370 e. The van der Waals surface area contributed by atoms with E-state index in [4.69, 9.17) is 4.74 Å². The molecule has 0 aromatic heterocycles. The molecule has 1 aliphatic carbocycles. The topological polar surface area (TPSA) is 29.5 Å². The van der Waals surface area contributed by atoms with Crippen molar-refractivity contribution in [1.29, 1.82) is 0 Å². The number of nitrogens with zero attached hydrogens (tertiary/aromatic N) is 1. The summed E-state index contributed by atoms with van der Waals surface area (Å²) in [5.41, 5.74) is 1.05. The van der Waals surface area contributed by atoms with Crippen LogP contribution in [-0.4, -0.2) is 36.2 Å². The van der Waals surface area contributed by atoms with E-state index in [1.165, 1.54) is 0 Å². The molecule has 1 aromatic rings. The Morgan fingerprint density at radius 3 is 2.33 bits per heavy atom. The van der Waals surface area contributed by atoms with Gasteiger partial charge in [-0.05, 0) is 12.5 Å². The number of likely N-dealkylation sites (tertiary alicyclic amines) is 1. The Balaban J connectivity index is 1.52. The van der Waals surface area contributed by atoms with Gasteiger partial charge in [-0.25, -0.2) is 0 Å². The molecule has 1 saturated heterocycles. The van der Waals surface area contributed by atoms with Gasteiger partial charge in [-0.2, -0.15) is 13.2 Å². The quantitative estimate of drug-likeness (QED) is 0.859. The third kappa shape index (κ3) is 2.77. The number of halogens is 3. The van der Waals surface area contributed by atoms with E-state index in [1.807, 2.05) is 37.3 Å². The molecule has 1 aromatic carbocycles. The van der Waals surface area contributed by atoms with Crippen molar-refractivity contribution in [2.24, 2.45) is 11.8 Å². The van der Waals surface area contributed by atoms with Gasteiger partial charge in [0.2, 0.25) is 0 Å². The van der Waals surface area contributed by atoms with Gasteiger partial charge >= 0.3 is 12.1 Å². The number of amides is 1. The highest BCUT2D eigenvalue weighted by Crippen LogP contribution is 2.50. The van der Waals surface area contributed by atoms with Crippen molar-refractivity contribution in [3.05, 3.63) is 35.9 Å². The lowest BCUT2D eigenvalue weighted by Crippen LogP contribution is -2.41. The normalized spacial score (nSPS) is 29.1. The summed E-state index contributed by atoms with van der Waals surface area (Å²) in [5.74, 6) is -1.64. The molecule has 2 unspecified atom stereocenters. The maximum Gasteiger partial charge on any atom is 0.471 e. The maximum atomic E-state index is 12.3. The van der Waals surface area contributed by atoms with Gasteiger partial charge in [-0.1, -0.05) is 30.3 Å². The zero-order valence-corrected chi connectivity index (χ0v) is 11.5. The number of benzene rings is 1. The van der Waals surface area contributed by atoms with Crippen molar-refractivity contribution in [1.82, 2.24) is 4.90 Å². The summed E-state index contributed by atoms with van der Waals surface area (Å²) >= 11 is 0. The zero-order valence-electron chi connectivity index (χ0n) is 11.5. The minimum absolute atomic E-state index is 0.0301. The molecular weight excluding hydrogens is 283 g/mol.